The molecular formula is C16H17N3O4S. The van der Waals surface area contributed by atoms with Crippen molar-refractivity contribution in [1.29, 1.82) is 0 Å². The van der Waals surface area contributed by atoms with E-state index in [0.717, 1.165) is 5.01 Å². The highest BCUT2D eigenvalue weighted by atomic mass is 32.1. The number of amides is 2. The maximum absolute atomic E-state index is 12.1. The molecule has 0 aliphatic carbocycles. The van der Waals surface area contributed by atoms with Gasteiger partial charge in [-0.15, -0.1) is 11.3 Å². The molecule has 2 amide bonds. The number of benzene rings is 1. The van der Waals surface area contributed by atoms with Gasteiger partial charge in [0.1, 0.15) is 12.2 Å². The smallest absolute Gasteiger partial charge is 0.322 e. The summed E-state index contributed by atoms with van der Waals surface area (Å²) < 4.78 is 0. The number of hydrogen-bond donors (Lipinski definition) is 3. The number of carboxylic acid groups (broad SMARTS) is 1. The summed E-state index contributed by atoms with van der Waals surface area (Å²) in [5.74, 6) is -1.66. The molecule has 0 spiro atoms. The van der Waals surface area contributed by atoms with Crippen LogP contribution < -0.4 is 10.6 Å². The van der Waals surface area contributed by atoms with E-state index < -0.39 is 18.4 Å². The summed E-state index contributed by atoms with van der Waals surface area (Å²) in [4.78, 5) is 38.5. The molecule has 126 valence electrons. The van der Waals surface area contributed by atoms with Crippen molar-refractivity contribution in [2.45, 2.75) is 19.8 Å². The quantitative estimate of drug-likeness (QED) is 0.743. The Kier molecular flexibility index (Phi) is 5.64. The maximum Gasteiger partial charge on any atom is 0.322 e. The van der Waals surface area contributed by atoms with Gasteiger partial charge >= 0.3 is 5.97 Å². The summed E-state index contributed by atoms with van der Waals surface area (Å²) in [6, 6.07) is 6.16. The Morgan fingerprint density at radius 3 is 2.38 bits per heavy atom. The lowest BCUT2D eigenvalue weighted by Gasteiger charge is -2.06. The minimum Gasteiger partial charge on any atom is -0.480 e. The topological polar surface area (TPSA) is 108 Å². The van der Waals surface area contributed by atoms with E-state index in [1.165, 1.54) is 23.5 Å². The average Bonchev–Trinajstić information content (AvgIpc) is 3.03. The normalized spacial score (nSPS) is 10.5. The molecule has 2 aromatic rings. The molecular weight excluding hydrogens is 330 g/mol. The van der Waals surface area contributed by atoms with Crippen LogP contribution >= 0.6 is 11.3 Å². The lowest BCUT2D eigenvalue weighted by molar-refractivity contribution is -0.135. The van der Waals surface area contributed by atoms with Crippen molar-refractivity contribution in [1.82, 2.24) is 10.3 Å². The lowest BCUT2D eigenvalue weighted by atomic mass is 10.2. The van der Waals surface area contributed by atoms with E-state index in [9.17, 15) is 14.4 Å². The molecule has 0 fully saturated rings. The van der Waals surface area contributed by atoms with Crippen molar-refractivity contribution in [2.75, 3.05) is 11.9 Å². The second-order valence-electron chi connectivity index (χ2n) is 5.33. The summed E-state index contributed by atoms with van der Waals surface area (Å²) in [6.45, 7) is 3.57. The van der Waals surface area contributed by atoms with Crippen LogP contribution in [-0.2, 0) is 4.79 Å². The standard InChI is InChI=1S/C16H17N3O4S/c1-9(2)16-19-12(8-24-16)15(23)18-11-5-3-10(4-6-11)14(22)17-7-13(20)21/h3-6,8-9H,7H2,1-2H3,(H,17,22)(H,18,23)(H,20,21). The van der Waals surface area contributed by atoms with E-state index in [4.69, 9.17) is 5.11 Å². The number of aliphatic carboxylic acids is 1. The highest BCUT2D eigenvalue weighted by Gasteiger charge is 2.13. The molecule has 7 nitrogen and oxygen atoms in total. The zero-order chi connectivity index (χ0) is 17.7. The van der Waals surface area contributed by atoms with Crippen LogP contribution in [0.4, 0.5) is 5.69 Å². The van der Waals surface area contributed by atoms with Crippen molar-refractivity contribution in [2.24, 2.45) is 0 Å². The summed E-state index contributed by atoms with van der Waals surface area (Å²) in [7, 11) is 0. The third-order valence-electron chi connectivity index (χ3n) is 3.05. The molecule has 8 heteroatoms. The Bertz CT molecular complexity index is 753. The largest absolute Gasteiger partial charge is 0.480 e. The number of thiazole rings is 1. The zero-order valence-corrected chi connectivity index (χ0v) is 14.0. The highest BCUT2D eigenvalue weighted by molar-refractivity contribution is 7.09. The summed E-state index contributed by atoms with van der Waals surface area (Å²) in [5.41, 5.74) is 1.19. The van der Waals surface area contributed by atoms with Crippen LogP contribution in [0.3, 0.4) is 0 Å². The van der Waals surface area contributed by atoms with Gasteiger partial charge in [0, 0.05) is 22.5 Å². The highest BCUT2D eigenvalue weighted by Crippen LogP contribution is 2.20. The molecule has 1 aromatic heterocycles. The summed E-state index contributed by atoms with van der Waals surface area (Å²) >= 11 is 1.44. The SMILES string of the molecule is CC(C)c1nc(C(=O)Nc2ccc(C(=O)NCC(=O)O)cc2)cs1. The second kappa shape index (κ2) is 7.69. The Balaban J connectivity index is 1.99. The van der Waals surface area contributed by atoms with Crippen molar-refractivity contribution in [3.05, 3.63) is 45.9 Å². The molecule has 0 radical (unpaired) electrons. The second-order valence-corrected chi connectivity index (χ2v) is 6.22. The molecule has 0 aliphatic rings. The van der Waals surface area contributed by atoms with Crippen molar-refractivity contribution >= 4 is 34.8 Å². The van der Waals surface area contributed by atoms with E-state index in [-0.39, 0.29) is 11.8 Å². The fourth-order valence-electron chi connectivity index (χ4n) is 1.82. The predicted molar refractivity (Wildman–Crippen MR) is 90.6 cm³/mol. The molecule has 0 bridgehead atoms. The number of carbonyl (C=O) groups excluding carboxylic acids is 2. The van der Waals surface area contributed by atoms with Crippen molar-refractivity contribution in [3.8, 4) is 0 Å². The van der Waals surface area contributed by atoms with Gasteiger partial charge < -0.3 is 15.7 Å². The van der Waals surface area contributed by atoms with Gasteiger partial charge in [0.15, 0.2) is 0 Å². The third kappa shape index (κ3) is 4.63. The number of anilines is 1. The third-order valence-corrected chi connectivity index (χ3v) is 4.20. The average molecular weight is 347 g/mol. The molecule has 1 heterocycles. The van der Waals surface area contributed by atoms with Gasteiger partial charge in [-0.05, 0) is 24.3 Å². The molecule has 1 aromatic carbocycles. The lowest BCUT2D eigenvalue weighted by Crippen LogP contribution is -2.29. The number of hydrogen-bond acceptors (Lipinski definition) is 5. The molecule has 0 aliphatic heterocycles. The van der Waals surface area contributed by atoms with E-state index in [1.54, 1.807) is 17.5 Å². The predicted octanol–water partition coefficient (Wildman–Crippen LogP) is 2.33. The van der Waals surface area contributed by atoms with Crippen molar-refractivity contribution < 1.29 is 19.5 Å². The summed E-state index contributed by atoms with van der Waals surface area (Å²) in [6.07, 6.45) is 0. The van der Waals surface area contributed by atoms with Gasteiger partial charge in [-0.2, -0.15) is 0 Å². The minimum atomic E-state index is -1.11. The van der Waals surface area contributed by atoms with Crippen LogP contribution in [-0.4, -0.2) is 34.4 Å². The van der Waals surface area contributed by atoms with Crippen LogP contribution in [0.1, 0.15) is 45.6 Å². The van der Waals surface area contributed by atoms with Gasteiger partial charge in [-0.1, -0.05) is 13.8 Å². The number of carboxylic acids is 1. The van der Waals surface area contributed by atoms with Crippen molar-refractivity contribution in [3.63, 3.8) is 0 Å². The monoisotopic (exact) mass is 347 g/mol. The first-order valence-corrected chi connectivity index (χ1v) is 8.11. The van der Waals surface area contributed by atoms with Gasteiger partial charge in [-0.3, -0.25) is 14.4 Å². The summed E-state index contributed by atoms with van der Waals surface area (Å²) in [5, 5.41) is 16.1. The first-order chi connectivity index (χ1) is 11.4. The molecule has 24 heavy (non-hydrogen) atoms. The van der Waals surface area contributed by atoms with Gasteiger partial charge in [0.2, 0.25) is 0 Å². The number of rotatable bonds is 6. The molecule has 2 rings (SSSR count). The Labute approximate surface area is 142 Å². The van der Waals surface area contributed by atoms with Crippen LogP contribution in [0.15, 0.2) is 29.6 Å². The maximum atomic E-state index is 12.1. The number of nitrogens with one attached hydrogen (secondary N) is 2. The molecule has 0 saturated carbocycles. The Hall–Kier alpha value is -2.74. The van der Waals surface area contributed by atoms with Crippen LogP contribution in [0.25, 0.3) is 0 Å². The fraction of sp³-hybridized carbons (Fsp3) is 0.250. The van der Waals surface area contributed by atoms with Gasteiger partial charge in [-0.25, -0.2) is 4.98 Å². The number of nitrogens with zero attached hydrogens (tertiary/aromatic N) is 1. The first kappa shape index (κ1) is 17.6. The molecule has 3 N–H and O–H groups in total. The fourth-order valence-corrected chi connectivity index (χ4v) is 2.63. The van der Waals surface area contributed by atoms with E-state index in [2.05, 4.69) is 15.6 Å². The molecule has 0 unspecified atom stereocenters. The zero-order valence-electron chi connectivity index (χ0n) is 13.2. The van der Waals surface area contributed by atoms with Gasteiger partial charge in [0.05, 0.1) is 5.01 Å². The van der Waals surface area contributed by atoms with E-state index in [0.29, 0.717) is 16.9 Å². The number of aromatic nitrogens is 1. The molecule has 0 saturated heterocycles. The van der Waals surface area contributed by atoms with E-state index in [1.807, 2.05) is 13.8 Å². The minimum absolute atomic E-state index is 0.264. The Morgan fingerprint density at radius 1 is 1.17 bits per heavy atom. The van der Waals surface area contributed by atoms with E-state index >= 15 is 0 Å². The first-order valence-electron chi connectivity index (χ1n) is 7.23. The van der Waals surface area contributed by atoms with Crippen LogP contribution in [0.5, 0.6) is 0 Å². The van der Waals surface area contributed by atoms with Gasteiger partial charge in [0.25, 0.3) is 11.8 Å². The Morgan fingerprint density at radius 2 is 1.83 bits per heavy atom. The molecule has 0 atom stereocenters. The number of carbonyl (C=O) groups is 3. The van der Waals surface area contributed by atoms with Crippen LogP contribution in [0.2, 0.25) is 0 Å². The van der Waals surface area contributed by atoms with Crippen LogP contribution in [0, 0.1) is 0 Å².